The minimum absolute atomic E-state index is 0.637. The van der Waals surface area contributed by atoms with E-state index in [-0.39, 0.29) is 0 Å². The lowest BCUT2D eigenvalue weighted by molar-refractivity contribution is 0.171. The topological polar surface area (TPSA) is 18.5 Å². The predicted molar refractivity (Wildman–Crippen MR) is 64.9 cm³/mol. The zero-order valence-corrected chi connectivity index (χ0v) is 10.2. The summed E-state index contributed by atoms with van der Waals surface area (Å²) in [4.78, 5) is 0. The third-order valence-corrected chi connectivity index (χ3v) is 3.07. The highest BCUT2D eigenvalue weighted by atomic mass is 79.9. The van der Waals surface area contributed by atoms with Gasteiger partial charge in [-0.1, -0.05) is 33.6 Å². The van der Waals surface area contributed by atoms with E-state index in [9.17, 15) is 0 Å². The quantitative estimate of drug-likeness (QED) is 0.767. The first-order chi connectivity index (χ1) is 7.29. The summed E-state index contributed by atoms with van der Waals surface area (Å²) < 4.78 is 11.0. The van der Waals surface area contributed by atoms with Crippen LogP contribution in [0.3, 0.4) is 0 Å². The van der Waals surface area contributed by atoms with Crippen molar-refractivity contribution >= 4 is 22.0 Å². The average molecular weight is 269 g/mol. The monoisotopic (exact) mass is 268 g/mol. The van der Waals surface area contributed by atoms with Crippen molar-refractivity contribution in [2.24, 2.45) is 0 Å². The normalized spacial score (nSPS) is 15.2. The minimum Gasteiger partial charge on any atom is -0.486 e. The molecule has 80 valence electrons. The first kappa shape index (κ1) is 10.6. The van der Waals surface area contributed by atoms with Crippen LogP contribution in [0.5, 0.6) is 11.5 Å². The van der Waals surface area contributed by atoms with Gasteiger partial charge in [-0.05, 0) is 24.6 Å². The fourth-order valence-electron chi connectivity index (χ4n) is 1.47. The Bertz CT molecular complexity index is 385. The van der Waals surface area contributed by atoms with E-state index in [1.807, 2.05) is 18.2 Å². The lowest BCUT2D eigenvalue weighted by atomic mass is 10.1. The molecular formula is C12H13BrO2. The number of alkyl halides is 1. The Hall–Kier alpha value is -0.960. The summed E-state index contributed by atoms with van der Waals surface area (Å²) in [6.45, 7) is 3.37. The molecule has 0 saturated heterocycles. The fourth-order valence-corrected chi connectivity index (χ4v) is 1.63. The van der Waals surface area contributed by atoms with Gasteiger partial charge in [0.05, 0.1) is 0 Å². The van der Waals surface area contributed by atoms with Gasteiger partial charge in [0.1, 0.15) is 13.2 Å². The Kier molecular flexibility index (Phi) is 3.31. The molecule has 1 heterocycles. The third kappa shape index (κ3) is 2.53. The van der Waals surface area contributed by atoms with E-state index in [1.165, 1.54) is 5.57 Å². The van der Waals surface area contributed by atoms with Crippen molar-refractivity contribution in [2.45, 2.75) is 6.92 Å². The van der Waals surface area contributed by atoms with E-state index in [4.69, 9.17) is 9.47 Å². The van der Waals surface area contributed by atoms with Crippen molar-refractivity contribution in [3.05, 3.63) is 29.3 Å². The van der Waals surface area contributed by atoms with Crippen LogP contribution >= 0.6 is 15.9 Å². The van der Waals surface area contributed by atoms with Crippen LogP contribution < -0.4 is 9.47 Å². The molecule has 0 amide bonds. The van der Waals surface area contributed by atoms with Crippen molar-refractivity contribution in [2.75, 3.05) is 18.5 Å². The number of hydrogen-bond donors (Lipinski definition) is 0. The SMILES string of the molecule is CC(=Cc1ccc2c(c1)OCCO2)CBr. The maximum absolute atomic E-state index is 5.51. The molecule has 0 bridgehead atoms. The van der Waals surface area contributed by atoms with Crippen molar-refractivity contribution in [3.8, 4) is 11.5 Å². The molecule has 0 atom stereocenters. The molecule has 0 fully saturated rings. The zero-order valence-electron chi connectivity index (χ0n) is 8.63. The van der Waals surface area contributed by atoms with Crippen LogP contribution in [0.1, 0.15) is 12.5 Å². The maximum atomic E-state index is 5.51. The average Bonchev–Trinajstić information content (AvgIpc) is 2.29. The Morgan fingerprint density at radius 1 is 1.33 bits per heavy atom. The van der Waals surface area contributed by atoms with Gasteiger partial charge in [-0.3, -0.25) is 0 Å². The van der Waals surface area contributed by atoms with Gasteiger partial charge >= 0.3 is 0 Å². The second kappa shape index (κ2) is 4.71. The fraction of sp³-hybridized carbons (Fsp3) is 0.333. The molecule has 1 aromatic rings. The molecule has 2 rings (SSSR count). The van der Waals surface area contributed by atoms with Crippen molar-refractivity contribution in [1.82, 2.24) is 0 Å². The Morgan fingerprint density at radius 3 is 2.80 bits per heavy atom. The van der Waals surface area contributed by atoms with E-state index in [2.05, 4.69) is 28.9 Å². The van der Waals surface area contributed by atoms with Gasteiger partial charge < -0.3 is 9.47 Å². The minimum atomic E-state index is 0.637. The molecule has 2 nitrogen and oxygen atoms in total. The summed E-state index contributed by atoms with van der Waals surface area (Å²) in [6, 6.07) is 6.02. The standard InChI is InChI=1S/C12H13BrO2/c1-9(8-13)6-10-2-3-11-12(7-10)15-5-4-14-11/h2-3,6-7H,4-5,8H2,1H3. The summed E-state index contributed by atoms with van der Waals surface area (Å²) >= 11 is 3.42. The first-order valence-corrected chi connectivity index (χ1v) is 6.04. The molecule has 15 heavy (non-hydrogen) atoms. The van der Waals surface area contributed by atoms with Gasteiger partial charge in [-0.25, -0.2) is 0 Å². The molecule has 0 aromatic heterocycles. The maximum Gasteiger partial charge on any atom is 0.161 e. The van der Waals surface area contributed by atoms with E-state index in [0.717, 1.165) is 22.4 Å². The van der Waals surface area contributed by atoms with Gasteiger partial charge in [0.2, 0.25) is 0 Å². The van der Waals surface area contributed by atoms with Crippen LogP contribution in [-0.4, -0.2) is 18.5 Å². The number of allylic oxidation sites excluding steroid dienone is 1. The van der Waals surface area contributed by atoms with Crippen LogP contribution in [0.25, 0.3) is 6.08 Å². The zero-order chi connectivity index (χ0) is 10.7. The van der Waals surface area contributed by atoms with Crippen molar-refractivity contribution < 1.29 is 9.47 Å². The van der Waals surface area contributed by atoms with Crippen LogP contribution in [-0.2, 0) is 0 Å². The van der Waals surface area contributed by atoms with Crippen LogP contribution in [0.4, 0.5) is 0 Å². The Labute approximate surface area is 98.0 Å². The summed E-state index contributed by atoms with van der Waals surface area (Å²) in [6.07, 6.45) is 2.13. The number of halogens is 1. The van der Waals surface area contributed by atoms with Crippen molar-refractivity contribution in [1.29, 1.82) is 0 Å². The molecule has 0 radical (unpaired) electrons. The lowest BCUT2D eigenvalue weighted by Crippen LogP contribution is -2.15. The molecule has 1 aliphatic heterocycles. The highest BCUT2D eigenvalue weighted by molar-refractivity contribution is 9.09. The first-order valence-electron chi connectivity index (χ1n) is 4.92. The number of benzene rings is 1. The van der Waals surface area contributed by atoms with E-state index >= 15 is 0 Å². The molecule has 0 saturated carbocycles. The Morgan fingerprint density at radius 2 is 2.07 bits per heavy atom. The number of hydrogen-bond acceptors (Lipinski definition) is 2. The second-order valence-corrected chi connectivity index (χ2v) is 4.09. The Balaban J connectivity index is 2.28. The summed E-state index contributed by atoms with van der Waals surface area (Å²) in [5.74, 6) is 1.69. The highest BCUT2D eigenvalue weighted by Gasteiger charge is 2.10. The summed E-state index contributed by atoms with van der Waals surface area (Å²) in [5.41, 5.74) is 2.43. The highest BCUT2D eigenvalue weighted by Crippen LogP contribution is 2.31. The van der Waals surface area contributed by atoms with Gasteiger partial charge in [-0.15, -0.1) is 0 Å². The number of rotatable bonds is 2. The van der Waals surface area contributed by atoms with Gasteiger partial charge in [0.15, 0.2) is 11.5 Å². The van der Waals surface area contributed by atoms with Gasteiger partial charge in [-0.2, -0.15) is 0 Å². The number of fused-ring (bicyclic) bond motifs is 1. The molecule has 3 heteroatoms. The number of ether oxygens (including phenoxy) is 2. The van der Waals surface area contributed by atoms with Crippen molar-refractivity contribution in [3.63, 3.8) is 0 Å². The van der Waals surface area contributed by atoms with Crippen LogP contribution in [0, 0.1) is 0 Å². The van der Waals surface area contributed by atoms with E-state index in [1.54, 1.807) is 0 Å². The second-order valence-electron chi connectivity index (χ2n) is 3.53. The smallest absolute Gasteiger partial charge is 0.161 e. The molecule has 0 unspecified atom stereocenters. The molecule has 0 aliphatic carbocycles. The molecule has 1 aromatic carbocycles. The summed E-state index contributed by atoms with van der Waals surface area (Å²) in [5, 5.41) is 0.890. The van der Waals surface area contributed by atoms with Gasteiger partial charge in [0.25, 0.3) is 0 Å². The molecule has 0 N–H and O–H groups in total. The van der Waals surface area contributed by atoms with Gasteiger partial charge in [0, 0.05) is 5.33 Å². The molecular weight excluding hydrogens is 256 g/mol. The summed E-state index contributed by atoms with van der Waals surface area (Å²) in [7, 11) is 0. The van der Waals surface area contributed by atoms with E-state index in [0.29, 0.717) is 13.2 Å². The lowest BCUT2D eigenvalue weighted by Gasteiger charge is -2.18. The van der Waals surface area contributed by atoms with E-state index < -0.39 is 0 Å². The van der Waals surface area contributed by atoms with Crippen LogP contribution in [0.15, 0.2) is 23.8 Å². The predicted octanol–water partition coefficient (Wildman–Crippen LogP) is 3.26. The largest absolute Gasteiger partial charge is 0.486 e. The van der Waals surface area contributed by atoms with Crippen LogP contribution in [0.2, 0.25) is 0 Å². The molecule has 0 spiro atoms. The molecule has 1 aliphatic rings. The third-order valence-electron chi connectivity index (χ3n) is 2.19.